The summed E-state index contributed by atoms with van der Waals surface area (Å²) in [5, 5.41) is 2.97. The highest BCUT2D eigenvalue weighted by Crippen LogP contribution is 2.20. The van der Waals surface area contributed by atoms with E-state index in [0.29, 0.717) is 25.7 Å². The molecule has 4 aliphatic heterocycles. The molecule has 9 heteroatoms. The zero-order chi connectivity index (χ0) is 17.3. The first-order valence-corrected chi connectivity index (χ1v) is 8.62. The molecule has 2 bridgehead atoms. The lowest BCUT2D eigenvalue weighted by molar-refractivity contribution is -0.153. The minimum atomic E-state index is -4.19. The van der Waals surface area contributed by atoms with Crippen LogP contribution in [0.5, 0.6) is 0 Å². The molecule has 2 amide bonds. The van der Waals surface area contributed by atoms with Gasteiger partial charge in [-0.25, -0.2) is 4.79 Å². The van der Waals surface area contributed by atoms with E-state index in [0.717, 1.165) is 32.7 Å². The number of rotatable bonds is 3. The third kappa shape index (κ3) is 4.31. The molecule has 4 heterocycles. The molecule has 1 N–H and O–H groups in total. The Hall–Kier alpha value is -1.06. The molecule has 4 aliphatic rings. The van der Waals surface area contributed by atoms with E-state index in [2.05, 4.69) is 15.1 Å². The first-order valence-electron chi connectivity index (χ1n) is 8.62. The molecule has 6 nitrogen and oxygen atoms in total. The molecule has 0 aromatic carbocycles. The lowest BCUT2D eigenvalue weighted by Gasteiger charge is -2.47. The monoisotopic (exact) mass is 349 g/mol. The van der Waals surface area contributed by atoms with Gasteiger partial charge in [0.15, 0.2) is 0 Å². The molecule has 138 valence electrons. The van der Waals surface area contributed by atoms with Crippen molar-refractivity contribution in [2.75, 3.05) is 65.4 Å². The standard InChI is InChI=1S/C15H26F3N5O/c1-12-9-22(6-7-23(12)11-15(16,17)18)14(24)19-8-13-10-20-2-4-21(13)5-3-20/h12-13H,2-11H2,1H3,(H,19,24)/t12-,13-/m1/s1. The van der Waals surface area contributed by atoms with Gasteiger partial charge in [-0.3, -0.25) is 14.7 Å². The fourth-order valence-corrected chi connectivity index (χ4v) is 3.88. The molecular formula is C15H26F3N5O. The Morgan fingerprint density at radius 2 is 1.79 bits per heavy atom. The van der Waals surface area contributed by atoms with Gasteiger partial charge >= 0.3 is 12.2 Å². The number of hydrogen-bond acceptors (Lipinski definition) is 4. The lowest BCUT2D eigenvalue weighted by Crippen LogP contribution is -2.64. The number of nitrogens with one attached hydrogen (secondary N) is 1. The molecule has 0 aromatic heterocycles. The van der Waals surface area contributed by atoms with Crippen LogP contribution >= 0.6 is 0 Å². The number of alkyl halides is 3. The number of halogens is 3. The van der Waals surface area contributed by atoms with Crippen molar-refractivity contribution >= 4 is 6.03 Å². The second-order valence-corrected chi connectivity index (χ2v) is 7.06. The predicted molar refractivity (Wildman–Crippen MR) is 83.9 cm³/mol. The smallest absolute Gasteiger partial charge is 0.336 e. The van der Waals surface area contributed by atoms with Crippen molar-refractivity contribution in [2.45, 2.75) is 25.2 Å². The molecular weight excluding hydrogens is 323 g/mol. The second-order valence-electron chi connectivity index (χ2n) is 7.06. The molecule has 4 fully saturated rings. The third-order valence-electron chi connectivity index (χ3n) is 5.32. The fraction of sp³-hybridized carbons (Fsp3) is 0.933. The predicted octanol–water partition coefficient (Wildman–Crippen LogP) is 0.264. The summed E-state index contributed by atoms with van der Waals surface area (Å²) in [7, 11) is 0. The van der Waals surface area contributed by atoms with E-state index in [-0.39, 0.29) is 18.6 Å². The summed E-state index contributed by atoms with van der Waals surface area (Å²) in [6.07, 6.45) is -4.19. The van der Waals surface area contributed by atoms with Crippen molar-refractivity contribution in [3.63, 3.8) is 0 Å². The first-order chi connectivity index (χ1) is 11.3. The number of fused-ring (bicyclic) bond motifs is 3. The highest BCUT2D eigenvalue weighted by Gasteiger charge is 2.36. The van der Waals surface area contributed by atoms with Crippen LogP contribution in [0.4, 0.5) is 18.0 Å². The maximum absolute atomic E-state index is 12.5. The second kappa shape index (κ2) is 7.05. The van der Waals surface area contributed by atoms with Crippen molar-refractivity contribution in [1.29, 1.82) is 0 Å². The Morgan fingerprint density at radius 3 is 2.33 bits per heavy atom. The summed E-state index contributed by atoms with van der Waals surface area (Å²) < 4.78 is 37.6. The van der Waals surface area contributed by atoms with Gasteiger partial charge in [0.1, 0.15) is 0 Å². The molecule has 0 radical (unpaired) electrons. The molecule has 0 unspecified atom stereocenters. The van der Waals surface area contributed by atoms with Crippen molar-refractivity contribution in [2.24, 2.45) is 0 Å². The van der Waals surface area contributed by atoms with Gasteiger partial charge < -0.3 is 10.2 Å². The Morgan fingerprint density at radius 1 is 1.08 bits per heavy atom. The Labute approximate surface area is 140 Å². The number of carbonyl (C=O) groups excluding carboxylic acids is 1. The summed E-state index contributed by atoms with van der Waals surface area (Å²) in [5.41, 5.74) is 0. The van der Waals surface area contributed by atoms with Gasteiger partial charge in [0.25, 0.3) is 0 Å². The first kappa shape index (κ1) is 17.8. The molecule has 0 aromatic rings. The van der Waals surface area contributed by atoms with Crippen molar-refractivity contribution < 1.29 is 18.0 Å². The largest absolute Gasteiger partial charge is 0.401 e. The van der Waals surface area contributed by atoms with E-state index in [9.17, 15) is 18.0 Å². The normalized spacial score (nSPS) is 34.4. The number of urea groups is 1. The summed E-state index contributed by atoms with van der Waals surface area (Å²) in [6, 6.07) is -0.0989. The number of nitrogens with zero attached hydrogens (tertiary/aromatic N) is 4. The maximum Gasteiger partial charge on any atom is 0.401 e. The summed E-state index contributed by atoms with van der Waals surface area (Å²) in [5.74, 6) is 0. The number of piperazine rings is 4. The minimum Gasteiger partial charge on any atom is -0.336 e. The Bertz CT molecular complexity index is 453. The van der Waals surface area contributed by atoms with E-state index in [1.165, 1.54) is 4.90 Å². The van der Waals surface area contributed by atoms with Gasteiger partial charge in [-0.15, -0.1) is 0 Å². The van der Waals surface area contributed by atoms with Crippen molar-refractivity contribution in [3.05, 3.63) is 0 Å². The summed E-state index contributed by atoms with van der Waals surface area (Å²) in [4.78, 5) is 20.2. The van der Waals surface area contributed by atoms with Gasteiger partial charge in [0, 0.05) is 71.0 Å². The van der Waals surface area contributed by atoms with Crippen LogP contribution < -0.4 is 5.32 Å². The van der Waals surface area contributed by atoms with Gasteiger partial charge in [-0.05, 0) is 6.92 Å². The minimum absolute atomic E-state index is 0.161. The average molecular weight is 349 g/mol. The number of hydrogen-bond donors (Lipinski definition) is 1. The summed E-state index contributed by atoms with van der Waals surface area (Å²) >= 11 is 0. The molecule has 2 atom stereocenters. The quantitative estimate of drug-likeness (QED) is 0.794. The maximum atomic E-state index is 12.5. The van der Waals surface area contributed by atoms with E-state index in [4.69, 9.17) is 0 Å². The van der Waals surface area contributed by atoms with Crippen LogP contribution in [-0.2, 0) is 0 Å². The van der Waals surface area contributed by atoms with E-state index in [1.807, 2.05) is 0 Å². The average Bonchev–Trinajstić information content (AvgIpc) is 2.54. The number of amides is 2. The van der Waals surface area contributed by atoms with E-state index >= 15 is 0 Å². The molecule has 0 spiro atoms. The van der Waals surface area contributed by atoms with Gasteiger partial charge in [-0.2, -0.15) is 13.2 Å². The Balaban J connectivity index is 1.43. The van der Waals surface area contributed by atoms with Crippen LogP contribution in [0.3, 0.4) is 0 Å². The van der Waals surface area contributed by atoms with Gasteiger partial charge in [0.2, 0.25) is 0 Å². The van der Waals surface area contributed by atoms with Crippen LogP contribution in [0.2, 0.25) is 0 Å². The highest BCUT2D eigenvalue weighted by atomic mass is 19.4. The SMILES string of the molecule is C[C@@H]1CN(C(=O)NC[C@@H]2CN3CCN2CC3)CCN1CC(F)(F)F. The number of carbonyl (C=O) groups is 1. The fourth-order valence-electron chi connectivity index (χ4n) is 3.88. The van der Waals surface area contributed by atoms with Gasteiger partial charge in [0.05, 0.1) is 6.54 Å². The van der Waals surface area contributed by atoms with E-state index < -0.39 is 12.7 Å². The van der Waals surface area contributed by atoms with Gasteiger partial charge in [-0.1, -0.05) is 0 Å². The zero-order valence-electron chi connectivity index (χ0n) is 14.1. The zero-order valence-corrected chi connectivity index (χ0v) is 14.1. The highest BCUT2D eigenvalue weighted by molar-refractivity contribution is 5.74. The molecule has 0 saturated carbocycles. The topological polar surface area (TPSA) is 42.1 Å². The van der Waals surface area contributed by atoms with E-state index in [1.54, 1.807) is 11.8 Å². The van der Waals surface area contributed by atoms with Crippen molar-refractivity contribution in [3.8, 4) is 0 Å². The Kier molecular flexibility index (Phi) is 5.22. The van der Waals surface area contributed by atoms with Crippen LogP contribution in [0.1, 0.15) is 6.92 Å². The van der Waals surface area contributed by atoms with Crippen LogP contribution in [0, 0.1) is 0 Å². The van der Waals surface area contributed by atoms with Crippen LogP contribution in [0.25, 0.3) is 0 Å². The molecule has 24 heavy (non-hydrogen) atoms. The third-order valence-corrected chi connectivity index (χ3v) is 5.32. The van der Waals surface area contributed by atoms with Crippen molar-refractivity contribution in [1.82, 2.24) is 24.9 Å². The molecule has 4 rings (SSSR count). The van der Waals surface area contributed by atoms with Crippen LogP contribution in [-0.4, -0.2) is 109 Å². The molecule has 4 saturated heterocycles. The molecule has 0 aliphatic carbocycles. The summed E-state index contributed by atoms with van der Waals surface area (Å²) in [6.45, 7) is 7.66. The van der Waals surface area contributed by atoms with Crippen LogP contribution in [0.15, 0.2) is 0 Å². The lowest BCUT2D eigenvalue weighted by atomic mass is 10.1.